The van der Waals surface area contributed by atoms with Gasteiger partial charge in [0.15, 0.2) is 0 Å². The van der Waals surface area contributed by atoms with Crippen molar-refractivity contribution < 1.29 is 4.79 Å². The van der Waals surface area contributed by atoms with Crippen LogP contribution in [0.2, 0.25) is 5.02 Å². The largest absolute Gasteiger partial charge is 0.377 e. The average Bonchev–Trinajstić information content (AvgIpc) is 2.75. The predicted molar refractivity (Wildman–Crippen MR) is 123 cm³/mol. The fourth-order valence-electron chi connectivity index (χ4n) is 3.50. The van der Waals surface area contributed by atoms with Crippen molar-refractivity contribution in [1.82, 2.24) is 5.43 Å². The lowest BCUT2D eigenvalue weighted by Gasteiger charge is -2.28. The first kappa shape index (κ1) is 20.0. The van der Waals surface area contributed by atoms with E-state index in [1.54, 1.807) is 0 Å². The van der Waals surface area contributed by atoms with Gasteiger partial charge in [0.1, 0.15) is 0 Å². The second kappa shape index (κ2) is 8.59. The molecule has 1 heterocycles. The zero-order chi connectivity index (χ0) is 21.1. The highest BCUT2D eigenvalue weighted by Crippen LogP contribution is 2.33. The smallest absolute Gasteiger partial charge is 0.339 e. The Bertz CT molecular complexity index is 1110. The molecule has 0 bridgehead atoms. The minimum Gasteiger partial charge on any atom is -0.377 e. The van der Waals surface area contributed by atoms with Crippen molar-refractivity contribution in [2.24, 2.45) is 5.10 Å². The number of carbonyl (C=O) groups excluding carboxylic acids is 1. The molecule has 0 aromatic heterocycles. The molecule has 0 saturated heterocycles. The van der Waals surface area contributed by atoms with E-state index in [1.807, 2.05) is 80.6 Å². The third-order valence-electron chi connectivity index (χ3n) is 5.29. The van der Waals surface area contributed by atoms with Crippen LogP contribution in [0, 0.1) is 13.8 Å². The third-order valence-corrected chi connectivity index (χ3v) is 5.55. The molecular weight excluding hydrogens is 396 g/mol. The first-order valence-electron chi connectivity index (χ1n) is 9.82. The lowest BCUT2D eigenvalue weighted by atomic mass is 9.92. The SMILES string of the molecule is Cc1ccc(NC(=O)NN=C2CC(c3ccc(Cl)cc3)Nc3ccccc32)cc1C. The summed E-state index contributed by atoms with van der Waals surface area (Å²) < 4.78 is 0. The molecule has 3 aromatic rings. The molecule has 5 nitrogen and oxygen atoms in total. The molecule has 4 rings (SSSR count). The minimum atomic E-state index is -0.371. The number of carbonyl (C=O) groups is 1. The molecule has 3 N–H and O–H groups in total. The number of nitrogens with one attached hydrogen (secondary N) is 3. The van der Waals surface area contributed by atoms with Gasteiger partial charge in [0, 0.05) is 28.4 Å². The molecule has 0 spiro atoms. The number of anilines is 2. The number of amides is 2. The first-order chi connectivity index (χ1) is 14.5. The zero-order valence-electron chi connectivity index (χ0n) is 16.9. The first-order valence-corrected chi connectivity index (χ1v) is 10.2. The van der Waals surface area contributed by atoms with Gasteiger partial charge in [-0.3, -0.25) is 0 Å². The van der Waals surface area contributed by atoms with E-state index < -0.39 is 0 Å². The number of benzene rings is 3. The van der Waals surface area contributed by atoms with Crippen molar-refractivity contribution in [2.45, 2.75) is 26.3 Å². The van der Waals surface area contributed by atoms with Crippen LogP contribution in [0.1, 0.15) is 34.7 Å². The Hall–Kier alpha value is -3.31. The molecule has 0 aliphatic carbocycles. The van der Waals surface area contributed by atoms with Crippen molar-refractivity contribution in [3.8, 4) is 0 Å². The third kappa shape index (κ3) is 4.47. The number of hydrogen-bond acceptors (Lipinski definition) is 3. The number of halogens is 1. The van der Waals surface area contributed by atoms with Gasteiger partial charge in [0.25, 0.3) is 0 Å². The number of fused-ring (bicyclic) bond motifs is 1. The van der Waals surface area contributed by atoms with Gasteiger partial charge >= 0.3 is 6.03 Å². The Labute approximate surface area is 181 Å². The van der Waals surface area contributed by atoms with Gasteiger partial charge in [0.05, 0.1) is 11.8 Å². The highest BCUT2D eigenvalue weighted by Gasteiger charge is 2.24. The number of hydrazone groups is 1. The molecule has 30 heavy (non-hydrogen) atoms. The maximum Gasteiger partial charge on any atom is 0.339 e. The molecule has 2 amide bonds. The monoisotopic (exact) mass is 418 g/mol. The summed E-state index contributed by atoms with van der Waals surface area (Å²) >= 11 is 6.03. The molecule has 1 atom stereocenters. The summed E-state index contributed by atoms with van der Waals surface area (Å²) in [5.74, 6) is 0. The van der Waals surface area contributed by atoms with Crippen LogP contribution in [-0.4, -0.2) is 11.7 Å². The van der Waals surface area contributed by atoms with Crippen molar-refractivity contribution in [2.75, 3.05) is 10.6 Å². The van der Waals surface area contributed by atoms with Crippen LogP contribution >= 0.6 is 11.6 Å². The second-order valence-corrected chi connectivity index (χ2v) is 7.86. The summed E-state index contributed by atoms with van der Waals surface area (Å²) in [5, 5.41) is 11.5. The highest BCUT2D eigenvalue weighted by atomic mass is 35.5. The lowest BCUT2D eigenvalue weighted by Crippen LogP contribution is -2.29. The molecule has 0 radical (unpaired) electrons. The number of para-hydroxylation sites is 1. The van der Waals surface area contributed by atoms with Crippen LogP contribution in [0.25, 0.3) is 0 Å². The number of nitrogens with zero attached hydrogens (tertiary/aromatic N) is 1. The Balaban J connectivity index is 1.53. The van der Waals surface area contributed by atoms with Gasteiger partial charge in [-0.05, 0) is 60.9 Å². The quantitative estimate of drug-likeness (QED) is 0.454. The van der Waals surface area contributed by atoms with Gasteiger partial charge < -0.3 is 10.6 Å². The van der Waals surface area contributed by atoms with Crippen molar-refractivity contribution >= 4 is 34.7 Å². The van der Waals surface area contributed by atoms with Crippen molar-refractivity contribution in [3.63, 3.8) is 0 Å². The van der Waals surface area contributed by atoms with E-state index in [0.29, 0.717) is 11.4 Å². The fourth-order valence-corrected chi connectivity index (χ4v) is 3.63. The maximum atomic E-state index is 12.4. The normalized spacial score (nSPS) is 16.5. The van der Waals surface area contributed by atoms with Gasteiger partial charge in [-0.2, -0.15) is 5.10 Å². The van der Waals surface area contributed by atoms with E-state index in [-0.39, 0.29) is 12.1 Å². The molecule has 0 saturated carbocycles. The van der Waals surface area contributed by atoms with Crippen LogP contribution in [-0.2, 0) is 0 Å². The maximum absolute atomic E-state index is 12.4. The van der Waals surface area contributed by atoms with Crippen LogP contribution in [0.5, 0.6) is 0 Å². The second-order valence-electron chi connectivity index (χ2n) is 7.42. The molecule has 3 aromatic carbocycles. The predicted octanol–water partition coefficient (Wildman–Crippen LogP) is 6.04. The highest BCUT2D eigenvalue weighted by molar-refractivity contribution is 6.30. The average molecular weight is 419 g/mol. The summed E-state index contributed by atoms with van der Waals surface area (Å²) in [6, 6.07) is 21.2. The Morgan fingerprint density at radius 2 is 1.80 bits per heavy atom. The Kier molecular flexibility index (Phi) is 5.72. The number of hydrogen-bond donors (Lipinski definition) is 3. The van der Waals surface area contributed by atoms with Gasteiger partial charge in [-0.15, -0.1) is 0 Å². The van der Waals surface area contributed by atoms with E-state index in [4.69, 9.17) is 11.6 Å². The standard InChI is InChI=1S/C24H23ClN4O/c1-15-7-12-19(13-16(15)2)26-24(30)29-28-23-14-22(17-8-10-18(25)11-9-17)27-21-6-4-3-5-20(21)23/h3-13,22,27H,14H2,1-2H3,(H2,26,29,30). The van der Waals surface area contributed by atoms with Crippen LogP contribution < -0.4 is 16.1 Å². The molecule has 6 heteroatoms. The fraction of sp³-hybridized carbons (Fsp3) is 0.167. The van der Waals surface area contributed by atoms with Gasteiger partial charge in [-0.1, -0.05) is 48.0 Å². The number of aryl methyl sites for hydroxylation is 2. The van der Waals surface area contributed by atoms with Gasteiger partial charge in [-0.25, -0.2) is 10.2 Å². The van der Waals surface area contributed by atoms with E-state index in [1.165, 1.54) is 5.56 Å². The molecule has 1 unspecified atom stereocenters. The van der Waals surface area contributed by atoms with Crippen molar-refractivity contribution in [3.05, 3.63) is 94.0 Å². The van der Waals surface area contributed by atoms with E-state index in [2.05, 4.69) is 21.2 Å². The van der Waals surface area contributed by atoms with Crippen LogP contribution in [0.4, 0.5) is 16.2 Å². The van der Waals surface area contributed by atoms with Crippen LogP contribution in [0.15, 0.2) is 71.8 Å². The van der Waals surface area contributed by atoms with Crippen molar-refractivity contribution in [1.29, 1.82) is 0 Å². The molecule has 1 aliphatic rings. The Morgan fingerprint density at radius 1 is 1.03 bits per heavy atom. The summed E-state index contributed by atoms with van der Waals surface area (Å²) in [4.78, 5) is 12.4. The topological polar surface area (TPSA) is 65.5 Å². The van der Waals surface area contributed by atoms with E-state index in [9.17, 15) is 4.79 Å². The number of rotatable bonds is 3. The van der Waals surface area contributed by atoms with Gasteiger partial charge in [0.2, 0.25) is 0 Å². The minimum absolute atomic E-state index is 0.0422. The summed E-state index contributed by atoms with van der Waals surface area (Å²) in [5.41, 5.74) is 9.58. The Morgan fingerprint density at radius 3 is 2.57 bits per heavy atom. The molecular formula is C24H23ClN4O. The molecule has 152 valence electrons. The lowest BCUT2D eigenvalue weighted by molar-refractivity contribution is 0.252. The summed E-state index contributed by atoms with van der Waals surface area (Å²) in [6.07, 6.45) is 0.641. The van der Waals surface area contributed by atoms with E-state index in [0.717, 1.165) is 33.8 Å². The molecule has 1 aliphatic heterocycles. The van der Waals surface area contributed by atoms with E-state index >= 15 is 0 Å². The summed E-state index contributed by atoms with van der Waals surface area (Å²) in [6.45, 7) is 4.05. The van der Waals surface area contributed by atoms with Crippen LogP contribution in [0.3, 0.4) is 0 Å². The number of urea groups is 1. The zero-order valence-corrected chi connectivity index (χ0v) is 17.6. The summed E-state index contributed by atoms with van der Waals surface area (Å²) in [7, 11) is 0. The molecule has 0 fully saturated rings.